The molecule has 0 bridgehead atoms. The Morgan fingerprint density at radius 1 is 1.31 bits per heavy atom. The first-order chi connectivity index (χ1) is 12.5. The largest absolute Gasteiger partial charge is 0.487 e. The van der Waals surface area contributed by atoms with Gasteiger partial charge in [-0.25, -0.2) is 4.79 Å². The standard InChI is InChI=1S/C19H21N3O4/c1-12-10-22(16-8-7-13(20)9-17(16)26-12)11-18(23)21-15-6-4-3-5-14(15)19(24)25-2/h3-9,12H,10-11,20H2,1-2H3,(H,21,23). The van der Waals surface area contributed by atoms with Gasteiger partial charge in [0.1, 0.15) is 11.9 Å². The van der Waals surface area contributed by atoms with Crippen molar-refractivity contribution in [3.05, 3.63) is 48.0 Å². The average molecular weight is 355 g/mol. The summed E-state index contributed by atoms with van der Waals surface area (Å²) in [4.78, 5) is 26.3. The van der Waals surface area contributed by atoms with Gasteiger partial charge in [0.15, 0.2) is 0 Å². The van der Waals surface area contributed by atoms with Crippen LogP contribution < -0.4 is 20.7 Å². The summed E-state index contributed by atoms with van der Waals surface area (Å²) in [5.74, 6) is -0.0774. The maximum Gasteiger partial charge on any atom is 0.339 e. The van der Waals surface area contributed by atoms with Gasteiger partial charge in [0.2, 0.25) is 5.91 Å². The number of ether oxygens (including phenoxy) is 2. The number of anilines is 3. The number of para-hydroxylation sites is 1. The topological polar surface area (TPSA) is 93.9 Å². The number of fused-ring (bicyclic) bond motifs is 1. The van der Waals surface area contributed by atoms with Crippen molar-refractivity contribution in [1.29, 1.82) is 0 Å². The van der Waals surface area contributed by atoms with Crippen LogP contribution in [0.3, 0.4) is 0 Å². The number of hydrogen-bond acceptors (Lipinski definition) is 6. The normalized spacial score (nSPS) is 15.6. The summed E-state index contributed by atoms with van der Waals surface area (Å²) < 4.78 is 10.5. The third kappa shape index (κ3) is 3.72. The molecule has 2 aromatic carbocycles. The molecule has 0 fully saturated rings. The molecule has 0 radical (unpaired) electrons. The Hall–Kier alpha value is -3.22. The number of nitrogens with two attached hydrogens (primary N) is 1. The van der Waals surface area contributed by atoms with Gasteiger partial charge in [0.05, 0.1) is 37.1 Å². The highest BCUT2D eigenvalue weighted by Gasteiger charge is 2.25. The van der Waals surface area contributed by atoms with Crippen LogP contribution in [0.5, 0.6) is 5.75 Å². The number of amides is 1. The molecule has 1 atom stereocenters. The monoisotopic (exact) mass is 355 g/mol. The van der Waals surface area contributed by atoms with Gasteiger partial charge in [-0.2, -0.15) is 0 Å². The number of nitrogen functional groups attached to an aromatic ring is 1. The Balaban J connectivity index is 1.77. The van der Waals surface area contributed by atoms with Gasteiger partial charge in [0.25, 0.3) is 0 Å². The molecule has 0 aromatic heterocycles. The Morgan fingerprint density at radius 2 is 2.08 bits per heavy atom. The first-order valence-electron chi connectivity index (χ1n) is 8.26. The molecule has 1 heterocycles. The van der Waals surface area contributed by atoms with Crippen molar-refractivity contribution in [3.63, 3.8) is 0 Å². The number of esters is 1. The lowest BCUT2D eigenvalue weighted by Crippen LogP contribution is -2.42. The van der Waals surface area contributed by atoms with Crippen molar-refractivity contribution in [2.45, 2.75) is 13.0 Å². The van der Waals surface area contributed by atoms with Crippen LogP contribution in [0.2, 0.25) is 0 Å². The highest BCUT2D eigenvalue weighted by Crippen LogP contribution is 2.34. The molecular formula is C19H21N3O4. The van der Waals surface area contributed by atoms with E-state index < -0.39 is 5.97 Å². The number of benzene rings is 2. The molecule has 0 saturated heterocycles. The van der Waals surface area contributed by atoms with Gasteiger partial charge in [-0.15, -0.1) is 0 Å². The van der Waals surface area contributed by atoms with Crippen LogP contribution in [-0.4, -0.2) is 38.2 Å². The smallest absolute Gasteiger partial charge is 0.339 e. The second kappa shape index (κ2) is 7.35. The molecule has 3 rings (SSSR count). The predicted octanol–water partition coefficient (Wildman–Crippen LogP) is 2.28. The lowest BCUT2D eigenvalue weighted by molar-refractivity contribution is -0.115. The fourth-order valence-electron chi connectivity index (χ4n) is 2.94. The summed E-state index contributed by atoms with van der Waals surface area (Å²) in [6.45, 7) is 2.63. The second-order valence-corrected chi connectivity index (χ2v) is 6.12. The van der Waals surface area contributed by atoms with Gasteiger partial charge in [0, 0.05) is 11.8 Å². The van der Waals surface area contributed by atoms with Crippen LogP contribution in [0.25, 0.3) is 0 Å². The average Bonchev–Trinajstić information content (AvgIpc) is 2.60. The van der Waals surface area contributed by atoms with Crippen LogP contribution in [0.15, 0.2) is 42.5 Å². The molecule has 2 aromatic rings. The van der Waals surface area contributed by atoms with Crippen molar-refractivity contribution in [3.8, 4) is 5.75 Å². The Labute approximate surface area is 151 Å². The van der Waals surface area contributed by atoms with E-state index in [-0.39, 0.29) is 18.6 Å². The van der Waals surface area contributed by atoms with Crippen molar-refractivity contribution in [2.24, 2.45) is 0 Å². The van der Waals surface area contributed by atoms with E-state index in [1.807, 2.05) is 17.9 Å². The lowest BCUT2D eigenvalue weighted by Gasteiger charge is -2.34. The first-order valence-corrected chi connectivity index (χ1v) is 8.26. The molecule has 136 valence electrons. The third-order valence-electron chi connectivity index (χ3n) is 4.07. The van der Waals surface area contributed by atoms with E-state index in [0.29, 0.717) is 29.2 Å². The van der Waals surface area contributed by atoms with Crippen molar-refractivity contribution in [1.82, 2.24) is 0 Å². The van der Waals surface area contributed by atoms with Crippen LogP contribution in [0.1, 0.15) is 17.3 Å². The molecule has 7 nitrogen and oxygen atoms in total. The van der Waals surface area contributed by atoms with Gasteiger partial charge < -0.3 is 25.4 Å². The van der Waals surface area contributed by atoms with Crippen LogP contribution >= 0.6 is 0 Å². The number of rotatable bonds is 4. The molecular weight excluding hydrogens is 334 g/mol. The number of hydrogen-bond donors (Lipinski definition) is 2. The molecule has 1 aliphatic heterocycles. The van der Waals surface area contributed by atoms with E-state index in [4.69, 9.17) is 15.2 Å². The maximum absolute atomic E-state index is 12.6. The third-order valence-corrected chi connectivity index (χ3v) is 4.07. The summed E-state index contributed by atoms with van der Waals surface area (Å²) in [5, 5.41) is 2.78. The van der Waals surface area contributed by atoms with Crippen molar-refractivity contribution >= 4 is 28.9 Å². The van der Waals surface area contributed by atoms with Gasteiger partial charge >= 0.3 is 5.97 Å². The van der Waals surface area contributed by atoms with E-state index in [2.05, 4.69) is 5.32 Å². The fraction of sp³-hybridized carbons (Fsp3) is 0.263. The second-order valence-electron chi connectivity index (χ2n) is 6.12. The number of nitrogens with zero attached hydrogens (tertiary/aromatic N) is 1. The maximum atomic E-state index is 12.6. The Bertz CT molecular complexity index is 837. The van der Waals surface area contributed by atoms with Crippen molar-refractivity contribution < 1.29 is 19.1 Å². The molecule has 0 spiro atoms. The van der Waals surface area contributed by atoms with Crippen LogP contribution in [0.4, 0.5) is 17.1 Å². The molecule has 1 amide bonds. The summed E-state index contributed by atoms with van der Waals surface area (Å²) in [6.07, 6.45) is -0.0699. The van der Waals surface area contributed by atoms with E-state index in [9.17, 15) is 9.59 Å². The zero-order valence-corrected chi connectivity index (χ0v) is 14.7. The number of methoxy groups -OCH3 is 1. The highest BCUT2D eigenvalue weighted by atomic mass is 16.5. The Morgan fingerprint density at radius 3 is 2.85 bits per heavy atom. The minimum absolute atomic E-state index is 0.0699. The quantitative estimate of drug-likeness (QED) is 0.645. The molecule has 0 saturated carbocycles. The number of carbonyl (C=O) groups is 2. The predicted molar refractivity (Wildman–Crippen MR) is 99.6 cm³/mol. The molecule has 26 heavy (non-hydrogen) atoms. The van der Waals surface area contributed by atoms with E-state index in [0.717, 1.165) is 5.69 Å². The summed E-state index contributed by atoms with van der Waals surface area (Å²) in [5.41, 5.74) is 7.96. The fourth-order valence-corrected chi connectivity index (χ4v) is 2.94. The minimum Gasteiger partial charge on any atom is -0.487 e. The van der Waals surface area contributed by atoms with Crippen LogP contribution in [-0.2, 0) is 9.53 Å². The minimum atomic E-state index is -0.498. The summed E-state index contributed by atoms with van der Waals surface area (Å²) >= 11 is 0. The van der Waals surface area contributed by atoms with E-state index >= 15 is 0 Å². The molecule has 0 aliphatic carbocycles. The van der Waals surface area contributed by atoms with Gasteiger partial charge in [-0.1, -0.05) is 12.1 Å². The zero-order chi connectivity index (χ0) is 18.7. The molecule has 1 unspecified atom stereocenters. The molecule has 7 heteroatoms. The summed E-state index contributed by atoms with van der Waals surface area (Å²) in [7, 11) is 1.30. The van der Waals surface area contributed by atoms with E-state index in [1.165, 1.54) is 7.11 Å². The number of carbonyl (C=O) groups excluding carboxylic acids is 2. The first kappa shape index (κ1) is 17.6. The van der Waals surface area contributed by atoms with Crippen molar-refractivity contribution in [2.75, 3.05) is 36.1 Å². The molecule has 3 N–H and O–H groups in total. The van der Waals surface area contributed by atoms with Gasteiger partial charge in [-0.3, -0.25) is 4.79 Å². The molecule has 1 aliphatic rings. The van der Waals surface area contributed by atoms with Crippen LogP contribution in [0, 0.1) is 0 Å². The summed E-state index contributed by atoms with van der Waals surface area (Å²) in [6, 6.07) is 12.1. The Kier molecular flexibility index (Phi) is 4.97. The SMILES string of the molecule is COC(=O)c1ccccc1NC(=O)CN1CC(C)Oc2cc(N)ccc21. The van der Waals surface area contributed by atoms with E-state index in [1.54, 1.807) is 36.4 Å². The zero-order valence-electron chi connectivity index (χ0n) is 14.7. The number of nitrogens with one attached hydrogen (secondary N) is 1. The van der Waals surface area contributed by atoms with Gasteiger partial charge in [-0.05, 0) is 31.2 Å². The lowest BCUT2D eigenvalue weighted by atomic mass is 10.1. The highest BCUT2D eigenvalue weighted by molar-refractivity contribution is 6.02.